The molecular formula is C25H24N2O4. The minimum absolute atomic E-state index is 0.323. The lowest BCUT2D eigenvalue weighted by Crippen LogP contribution is -2.32. The van der Waals surface area contributed by atoms with Gasteiger partial charge in [0.1, 0.15) is 6.54 Å². The number of esters is 1. The summed E-state index contributed by atoms with van der Waals surface area (Å²) in [5, 5.41) is 5.20. The van der Waals surface area contributed by atoms with Gasteiger partial charge < -0.3 is 15.4 Å². The molecule has 0 saturated heterocycles. The van der Waals surface area contributed by atoms with Crippen molar-refractivity contribution in [1.29, 1.82) is 0 Å². The summed E-state index contributed by atoms with van der Waals surface area (Å²) >= 11 is 0. The van der Waals surface area contributed by atoms with E-state index >= 15 is 0 Å². The molecule has 0 fully saturated rings. The third-order valence-corrected chi connectivity index (χ3v) is 4.67. The summed E-state index contributed by atoms with van der Waals surface area (Å²) in [6.45, 7) is 3.10. The number of anilines is 1. The average molecular weight is 416 g/mol. The van der Waals surface area contributed by atoms with E-state index in [1.807, 2.05) is 68.4 Å². The fourth-order valence-electron chi connectivity index (χ4n) is 3.04. The van der Waals surface area contributed by atoms with Crippen LogP contribution in [-0.2, 0) is 14.3 Å². The molecule has 158 valence electrons. The first-order chi connectivity index (χ1) is 14.9. The number of hydrogen-bond acceptors (Lipinski definition) is 4. The quantitative estimate of drug-likeness (QED) is 0.573. The normalized spacial score (nSPS) is 10.3. The van der Waals surface area contributed by atoms with Crippen molar-refractivity contribution in [3.63, 3.8) is 0 Å². The molecule has 3 rings (SSSR count). The van der Waals surface area contributed by atoms with Crippen LogP contribution in [-0.4, -0.2) is 30.9 Å². The highest BCUT2D eigenvalue weighted by Gasteiger charge is 2.12. The van der Waals surface area contributed by atoms with Crippen LogP contribution in [0, 0.1) is 13.8 Å². The van der Waals surface area contributed by atoms with Crippen molar-refractivity contribution < 1.29 is 19.1 Å². The molecule has 0 aromatic heterocycles. The number of amides is 2. The molecule has 0 aliphatic heterocycles. The van der Waals surface area contributed by atoms with E-state index in [1.54, 1.807) is 18.2 Å². The van der Waals surface area contributed by atoms with Crippen LogP contribution in [0.15, 0.2) is 72.8 Å². The van der Waals surface area contributed by atoms with Gasteiger partial charge in [0.2, 0.25) is 0 Å². The second-order valence-electron chi connectivity index (χ2n) is 7.15. The van der Waals surface area contributed by atoms with Gasteiger partial charge in [-0.05, 0) is 48.7 Å². The zero-order valence-electron chi connectivity index (χ0n) is 17.5. The lowest BCUT2D eigenvalue weighted by molar-refractivity contribution is -0.146. The molecule has 0 heterocycles. The van der Waals surface area contributed by atoms with Crippen molar-refractivity contribution >= 4 is 23.5 Å². The Labute approximate surface area is 181 Å². The van der Waals surface area contributed by atoms with Gasteiger partial charge in [0.15, 0.2) is 6.61 Å². The van der Waals surface area contributed by atoms with E-state index in [-0.39, 0.29) is 6.54 Å². The maximum Gasteiger partial charge on any atom is 0.325 e. The monoisotopic (exact) mass is 416 g/mol. The van der Waals surface area contributed by atoms with Gasteiger partial charge in [-0.3, -0.25) is 14.4 Å². The third kappa shape index (κ3) is 6.27. The van der Waals surface area contributed by atoms with E-state index in [0.29, 0.717) is 11.3 Å². The lowest BCUT2D eigenvalue weighted by atomic mass is 10.0. The number of ether oxygens (including phenoxy) is 1. The topological polar surface area (TPSA) is 84.5 Å². The second-order valence-corrected chi connectivity index (χ2v) is 7.15. The van der Waals surface area contributed by atoms with E-state index in [0.717, 1.165) is 22.3 Å². The number of benzene rings is 3. The Morgan fingerprint density at radius 2 is 1.52 bits per heavy atom. The van der Waals surface area contributed by atoms with E-state index in [1.165, 1.54) is 0 Å². The summed E-state index contributed by atoms with van der Waals surface area (Å²) < 4.78 is 4.94. The molecule has 0 saturated carbocycles. The van der Waals surface area contributed by atoms with Crippen molar-refractivity contribution in [2.45, 2.75) is 13.8 Å². The summed E-state index contributed by atoms with van der Waals surface area (Å²) in [7, 11) is 0. The molecule has 3 aromatic rings. The van der Waals surface area contributed by atoms with Crippen LogP contribution >= 0.6 is 0 Å². The number of hydrogen-bond donors (Lipinski definition) is 2. The Morgan fingerprint density at radius 1 is 0.839 bits per heavy atom. The standard InChI is InChI=1S/C25H24N2O4/c1-17-8-13-22(18(2)14-17)27-23(28)16-31-24(29)15-26-25(30)21-11-9-20(10-12-21)19-6-4-3-5-7-19/h3-14H,15-16H2,1-2H3,(H,26,30)(H,27,28). The van der Waals surface area contributed by atoms with Crippen molar-refractivity contribution in [3.05, 3.63) is 89.5 Å². The molecule has 0 aliphatic carbocycles. The summed E-state index contributed by atoms with van der Waals surface area (Å²) in [5.74, 6) is -1.52. The van der Waals surface area contributed by atoms with Crippen molar-refractivity contribution in [1.82, 2.24) is 5.32 Å². The lowest BCUT2D eigenvalue weighted by Gasteiger charge is -2.10. The summed E-state index contributed by atoms with van der Waals surface area (Å²) in [6, 6.07) is 22.5. The molecule has 3 aromatic carbocycles. The molecule has 6 nitrogen and oxygen atoms in total. The van der Waals surface area contributed by atoms with Gasteiger partial charge in [-0.15, -0.1) is 0 Å². The molecule has 0 radical (unpaired) electrons. The number of aryl methyl sites for hydroxylation is 2. The number of carbonyl (C=O) groups excluding carboxylic acids is 3. The molecule has 31 heavy (non-hydrogen) atoms. The first-order valence-corrected chi connectivity index (χ1v) is 9.89. The van der Waals surface area contributed by atoms with Crippen molar-refractivity contribution in [2.75, 3.05) is 18.5 Å². The minimum Gasteiger partial charge on any atom is -0.454 e. The summed E-state index contributed by atoms with van der Waals surface area (Å²) in [5.41, 5.74) is 5.15. The highest BCUT2D eigenvalue weighted by Crippen LogP contribution is 2.19. The number of carbonyl (C=O) groups is 3. The van der Waals surface area contributed by atoms with Crippen LogP contribution in [0.4, 0.5) is 5.69 Å². The van der Waals surface area contributed by atoms with Crippen LogP contribution < -0.4 is 10.6 Å². The number of nitrogens with one attached hydrogen (secondary N) is 2. The van der Waals surface area contributed by atoms with Crippen LogP contribution in [0.25, 0.3) is 11.1 Å². The number of rotatable bonds is 7. The van der Waals surface area contributed by atoms with E-state index < -0.39 is 24.4 Å². The predicted octanol–water partition coefficient (Wildman–Crippen LogP) is 3.88. The Bertz CT molecular complexity index is 1080. The molecule has 0 bridgehead atoms. The first-order valence-electron chi connectivity index (χ1n) is 9.89. The second kappa shape index (κ2) is 10.2. The Morgan fingerprint density at radius 3 is 2.19 bits per heavy atom. The van der Waals surface area contributed by atoms with Crippen LogP contribution in [0.1, 0.15) is 21.5 Å². The van der Waals surface area contributed by atoms with Crippen molar-refractivity contribution in [2.24, 2.45) is 0 Å². The van der Waals surface area contributed by atoms with Crippen LogP contribution in [0.5, 0.6) is 0 Å². The molecule has 2 N–H and O–H groups in total. The van der Waals surface area contributed by atoms with Crippen molar-refractivity contribution in [3.8, 4) is 11.1 Å². The summed E-state index contributed by atoms with van der Waals surface area (Å²) in [4.78, 5) is 36.1. The molecule has 0 aliphatic rings. The molecule has 6 heteroatoms. The maximum absolute atomic E-state index is 12.2. The zero-order valence-corrected chi connectivity index (χ0v) is 17.5. The summed E-state index contributed by atoms with van der Waals surface area (Å²) in [6.07, 6.45) is 0. The highest BCUT2D eigenvalue weighted by molar-refractivity contribution is 5.97. The predicted molar refractivity (Wildman–Crippen MR) is 120 cm³/mol. The Kier molecular flexibility index (Phi) is 7.17. The van der Waals surface area contributed by atoms with E-state index in [2.05, 4.69) is 10.6 Å². The van der Waals surface area contributed by atoms with Gasteiger partial charge in [-0.1, -0.05) is 60.2 Å². The van der Waals surface area contributed by atoms with E-state index in [4.69, 9.17) is 4.74 Å². The first kappa shape index (κ1) is 21.8. The fraction of sp³-hybridized carbons (Fsp3) is 0.160. The maximum atomic E-state index is 12.2. The molecule has 0 unspecified atom stereocenters. The van der Waals surface area contributed by atoms with Crippen LogP contribution in [0.2, 0.25) is 0 Å². The molecule has 0 spiro atoms. The van der Waals surface area contributed by atoms with Gasteiger partial charge in [-0.2, -0.15) is 0 Å². The average Bonchev–Trinajstić information content (AvgIpc) is 2.78. The molecule has 0 atom stereocenters. The SMILES string of the molecule is Cc1ccc(NC(=O)COC(=O)CNC(=O)c2ccc(-c3ccccc3)cc2)c(C)c1. The van der Waals surface area contributed by atoms with Gasteiger partial charge in [0, 0.05) is 11.3 Å². The Balaban J connectivity index is 1.43. The van der Waals surface area contributed by atoms with Gasteiger partial charge >= 0.3 is 5.97 Å². The molecular weight excluding hydrogens is 392 g/mol. The third-order valence-electron chi connectivity index (χ3n) is 4.67. The zero-order chi connectivity index (χ0) is 22.2. The molecule has 2 amide bonds. The minimum atomic E-state index is -0.690. The van der Waals surface area contributed by atoms with Gasteiger partial charge in [-0.25, -0.2) is 0 Å². The fourth-order valence-corrected chi connectivity index (χ4v) is 3.04. The Hall–Kier alpha value is -3.93. The van der Waals surface area contributed by atoms with Gasteiger partial charge in [0.05, 0.1) is 0 Å². The van der Waals surface area contributed by atoms with Gasteiger partial charge in [0.25, 0.3) is 11.8 Å². The highest BCUT2D eigenvalue weighted by atomic mass is 16.5. The smallest absolute Gasteiger partial charge is 0.325 e. The largest absolute Gasteiger partial charge is 0.454 e. The van der Waals surface area contributed by atoms with Crippen LogP contribution in [0.3, 0.4) is 0 Å². The van der Waals surface area contributed by atoms with E-state index in [9.17, 15) is 14.4 Å².